The first-order chi connectivity index (χ1) is 8.34. The lowest BCUT2D eigenvalue weighted by atomic mass is 10.1. The maximum Gasteiger partial charge on any atom is 0.0426 e. The van der Waals surface area contributed by atoms with Crippen molar-refractivity contribution in [2.45, 2.75) is 25.7 Å². The van der Waals surface area contributed by atoms with Gasteiger partial charge in [0.1, 0.15) is 0 Å². The zero-order valence-corrected chi connectivity index (χ0v) is 11.7. The molecule has 0 atom stereocenters. The molecule has 0 amide bonds. The third kappa shape index (κ3) is 4.81. The third-order valence-corrected chi connectivity index (χ3v) is 4.66. The van der Waals surface area contributed by atoms with E-state index in [9.17, 15) is 0 Å². The molecule has 17 heavy (non-hydrogen) atoms. The molecule has 1 aromatic rings. The van der Waals surface area contributed by atoms with E-state index in [4.69, 9.17) is 11.6 Å². The van der Waals surface area contributed by atoms with E-state index in [0.29, 0.717) is 0 Å². The van der Waals surface area contributed by atoms with Gasteiger partial charge in [-0.3, -0.25) is 0 Å². The average molecular weight is 270 g/mol. The topological polar surface area (TPSA) is 12.0 Å². The fourth-order valence-electron chi connectivity index (χ4n) is 2.29. The minimum absolute atomic E-state index is 0.800. The van der Waals surface area contributed by atoms with Gasteiger partial charge in [0.2, 0.25) is 0 Å². The third-order valence-electron chi connectivity index (χ3n) is 3.23. The second kappa shape index (κ2) is 7.17. The van der Waals surface area contributed by atoms with Crippen LogP contribution < -0.4 is 5.32 Å². The summed E-state index contributed by atoms with van der Waals surface area (Å²) in [7, 11) is 0. The number of halogens is 1. The quantitative estimate of drug-likeness (QED) is 0.753. The molecule has 1 N–H and O–H groups in total. The highest BCUT2D eigenvalue weighted by atomic mass is 35.5. The molecule has 0 aromatic heterocycles. The summed E-state index contributed by atoms with van der Waals surface area (Å²) in [6, 6.07) is 7.93. The van der Waals surface area contributed by atoms with Crippen molar-refractivity contribution in [2.24, 2.45) is 5.92 Å². The van der Waals surface area contributed by atoms with E-state index < -0.39 is 0 Å². The summed E-state index contributed by atoms with van der Waals surface area (Å²) in [5.74, 6) is 3.52. The highest BCUT2D eigenvalue weighted by Gasteiger charge is 2.14. The van der Waals surface area contributed by atoms with Crippen molar-refractivity contribution >= 4 is 29.1 Å². The Bertz CT molecular complexity index is 337. The van der Waals surface area contributed by atoms with Crippen molar-refractivity contribution in [1.29, 1.82) is 0 Å². The van der Waals surface area contributed by atoms with Crippen LogP contribution in [0.1, 0.15) is 25.7 Å². The molecule has 1 nitrogen and oxygen atoms in total. The average Bonchev–Trinajstić information content (AvgIpc) is 2.82. The summed E-state index contributed by atoms with van der Waals surface area (Å²) in [6.45, 7) is 1.03. The van der Waals surface area contributed by atoms with E-state index in [0.717, 1.165) is 23.2 Å². The van der Waals surface area contributed by atoms with Crippen LogP contribution in [0.25, 0.3) is 0 Å². The lowest BCUT2D eigenvalue weighted by molar-refractivity contribution is 0.623. The van der Waals surface area contributed by atoms with Crippen molar-refractivity contribution < 1.29 is 0 Å². The van der Waals surface area contributed by atoms with Gasteiger partial charge in [0.15, 0.2) is 0 Å². The Hall–Kier alpha value is -0.340. The first-order valence-electron chi connectivity index (χ1n) is 6.42. The van der Waals surface area contributed by atoms with Gasteiger partial charge in [-0.15, -0.1) is 0 Å². The summed E-state index contributed by atoms with van der Waals surface area (Å²) in [5.41, 5.74) is 1.12. The molecule has 0 radical (unpaired) electrons. The Morgan fingerprint density at radius 1 is 1.29 bits per heavy atom. The lowest BCUT2D eigenvalue weighted by Gasteiger charge is -2.09. The molecule has 0 spiro atoms. The van der Waals surface area contributed by atoms with Gasteiger partial charge in [0.05, 0.1) is 0 Å². The number of anilines is 1. The summed E-state index contributed by atoms with van der Waals surface area (Å²) in [6.07, 6.45) is 5.81. The number of hydrogen-bond acceptors (Lipinski definition) is 2. The largest absolute Gasteiger partial charge is 0.384 e. The maximum absolute atomic E-state index is 5.93. The van der Waals surface area contributed by atoms with Crippen LogP contribution >= 0.6 is 23.4 Å². The number of thioether (sulfide) groups is 1. The van der Waals surface area contributed by atoms with E-state index in [-0.39, 0.29) is 0 Å². The Labute approximate surface area is 113 Å². The van der Waals surface area contributed by atoms with E-state index in [1.807, 2.05) is 18.2 Å². The van der Waals surface area contributed by atoms with Crippen molar-refractivity contribution in [2.75, 3.05) is 23.4 Å². The van der Waals surface area contributed by atoms with Gasteiger partial charge >= 0.3 is 0 Å². The Morgan fingerprint density at radius 2 is 2.12 bits per heavy atom. The minimum atomic E-state index is 0.800. The van der Waals surface area contributed by atoms with Crippen LogP contribution in [0, 0.1) is 5.92 Å². The molecule has 0 unspecified atom stereocenters. The minimum Gasteiger partial charge on any atom is -0.384 e. The zero-order chi connectivity index (χ0) is 11.9. The van der Waals surface area contributed by atoms with Crippen LogP contribution in [0.15, 0.2) is 24.3 Å². The molecule has 1 fully saturated rings. The van der Waals surface area contributed by atoms with Crippen LogP contribution in [0.4, 0.5) is 5.69 Å². The van der Waals surface area contributed by atoms with E-state index in [2.05, 4.69) is 23.1 Å². The Kier molecular flexibility index (Phi) is 5.53. The van der Waals surface area contributed by atoms with Gasteiger partial charge in [0, 0.05) is 23.0 Å². The summed E-state index contributed by atoms with van der Waals surface area (Å²) in [5, 5.41) is 4.21. The van der Waals surface area contributed by atoms with Crippen LogP contribution in [0.2, 0.25) is 5.02 Å². The lowest BCUT2D eigenvalue weighted by Crippen LogP contribution is -2.06. The molecule has 2 rings (SSSR count). The first-order valence-corrected chi connectivity index (χ1v) is 7.95. The fourth-order valence-corrected chi connectivity index (χ4v) is 3.56. The normalized spacial score (nSPS) is 16.3. The molecule has 1 saturated carbocycles. The van der Waals surface area contributed by atoms with Crippen LogP contribution in [-0.4, -0.2) is 18.1 Å². The molecule has 1 aliphatic carbocycles. The van der Waals surface area contributed by atoms with Crippen molar-refractivity contribution in [1.82, 2.24) is 0 Å². The van der Waals surface area contributed by atoms with Gasteiger partial charge < -0.3 is 5.32 Å². The summed E-state index contributed by atoms with van der Waals surface area (Å²) >= 11 is 8.00. The SMILES string of the molecule is Clc1cccc(NCCSCC2CCCC2)c1. The number of hydrogen-bond donors (Lipinski definition) is 1. The molecule has 1 aliphatic rings. The molecule has 0 saturated heterocycles. The first kappa shape index (κ1) is 13.1. The molecular weight excluding hydrogens is 250 g/mol. The van der Waals surface area contributed by atoms with Crippen molar-refractivity contribution in [3.63, 3.8) is 0 Å². The highest BCUT2D eigenvalue weighted by Crippen LogP contribution is 2.27. The number of rotatable bonds is 6. The van der Waals surface area contributed by atoms with E-state index in [1.54, 1.807) is 0 Å². The molecule has 3 heteroatoms. The fraction of sp³-hybridized carbons (Fsp3) is 0.571. The highest BCUT2D eigenvalue weighted by molar-refractivity contribution is 7.99. The Morgan fingerprint density at radius 3 is 2.88 bits per heavy atom. The van der Waals surface area contributed by atoms with Crippen molar-refractivity contribution in [3.05, 3.63) is 29.3 Å². The molecule has 0 aliphatic heterocycles. The van der Waals surface area contributed by atoms with Crippen LogP contribution in [0.3, 0.4) is 0 Å². The van der Waals surface area contributed by atoms with Crippen molar-refractivity contribution in [3.8, 4) is 0 Å². The van der Waals surface area contributed by atoms with E-state index >= 15 is 0 Å². The standard InChI is InChI=1S/C14H20ClNS/c15-13-6-3-7-14(10-13)16-8-9-17-11-12-4-1-2-5-12/h3,6-7,10,12,16H,1-2,4-5,8-9,11H2. The second-order valence-electron chi connectivity index (χ2n) is 4.66. The predicted molar refractivity (Wildman–Crippen MR) is 79.2 cm³/mol. The summed E-state index contributed by atoms with van der Waals surface area (Å²) < 4.78 is 0. The summed E-state index contributed by atoms with van der Waals surface area (Å²) in [4.78, 5) is 0. The number of benzene rings is 1. The van der Waals surface area contributed by atoms with Gasteiger partial charge in [-0.1, -0.05) is 30.5 Å². The van der Waals surface area contributed by atoms with E-state index in [1.165, 1.54) is 37.2 Å². The molecule has 0 heterocycles. The van der Waals surface area contributed by atoms with Gasteiger partial charge in [-0.2, -0.15) is 11.8 Å². The molecular formula is C14H20ClNS. The Balaban J connectivity index is 1.56. The second-order valence-corrected chi connectivity index (χ2v) is 6.25. The van der Waals surface area contributed by atoms with Crippen LogP contribution in [0.5, 0.6) is 0 Å². The maximum atomic E-state index is 5.93. The van der Waals surface area contributed by atoms with Gasteiger partial charge in [-0.05, 0) is 42.7 Å². The monoisotopic (exact) mass is 269 g/mol. The number of nitrogens with one attached hydrogen (secondary N) is 1. The van der Waals surface area contributed by atoms with Gasteiger partial charge in [0.25, 0.3) is 0 Å². The smallest absolute Gasteiger partial charge is 0.0426 e. The predicted octanol–water partition coefficient (Wildman–Crippen LogP) is 4.68. The van der Waals surface area contributed by atoms with Crippen LogP contribution in [-0.2, 0) is 0 Å². The molecule has 0 bridgehead atoms. The molecule has 94 valence electrons. The van der Waals surface area contributed by atoms with Gasteiger partial charge in [-0.25, -0.2) is 0 Å². The zero-order valence-electron chi connectivity index (χ0n) is 10.1. The molecule has 1 aromatic carbocycles.